The Balaban J connectivity index is 2.02. The number of carbonyl (C=O) groups is 1. The molecule has 0 saturated carbocycles. The Labute approximate surface area is 139 Å². The Morgan fingerprint density at radius 3 is 2.57 bits per heavy atom. The minimum absolute atomic E-state index is 0.0545. The SMILES string of the molecule is CC(C)S(=O)(=O)CC(=O)N(C)[C@H]1CCCN(c2ccccc2)C1. The Morgan fingerprint density at radius 2 is 1.96 bits per heavy atom. The topological polar surface area (TPSA) is 57.7 Å². The number of rotatable bonds is 5. The van der Waals surface area contributed by atoms with Gasteiger partial charge in [0.15, 0.2) is 9.84 Å². The van der Waals surface area contributed by atoms with Crippen molar-refractivity contribution in [1.29, 1.82) is 0 Å². The maximum Gasteiger partial charge on any atom is 0.237 e. The predicted molar refractivity (Wildman–Crippen MR) is 93.4 cm³/mol. The highest BCUT2D eigenvalue weighted by Gasteiger charge is 2.29. The molecule has 1 fully saturated rings. The van der Waals surface area contributed by atoms with Gasteiger partial charge in [-0.05, 0) is 38.8 Å². The van der Waals surface area contributed by atoms with Gasteiger partial charge in [0.25, 0.3) is 0 Å². The molecule has 0 radical (unpaired) electrons. The van der Waals surface area contributed by atoms with Crippen LogP contribution in [0.1, 0.15) is 26.7 Å². The van der Waals surface area contributed by atoms with Crippen LogP contribution in [-0.2, 0) is 14.6 Å². The van der Waals surface area contributed by atoms with Crippen molar-refractivity contribution in [3.63, 3.8) is 0 Å². The summed E-state index contributed by atoms with van der Waals surface area (Å²) in [6, 6.07) is 10.2. The Kier molecular flexibility index (Phi) is 5.68. The smallest absolute Gasteiger partial charge is 0.237 e. The first kappa shape index (κ1) is 17.8. The number of amides is 1. The van der Waals surface area contributed by atoms with Gasteiger partial charge < -0.3 is 9.80 Å². The number of para-hydroxylation sites is 1. The van der Waals surface area contributed by atoms with E-state index in [0.29, 0.717) is 0 Å². The molecule has 1 aromatic carbocycles. The third-order valence-corrected chi connectivity index (χ3v) is 6.59. The highest BCUT2D eigenvalue weighted by molar-refractivity contribution is 7.92. The molecule has 1 heterocycles. The normalized spacial score (nSPS) is 19.0. The molecular formula is C17H26N2O3S. The predicted octanol–water partition coefficient (Wildman–Crippen LogP) is 1.94. The van der Waals surface area contributed by atoms with Crippen LogP contribution >= 0.6 is 0 Å². The highest BCUT2D eigenvalue weighted by Crippen LogP contribution is 2.22. The summed E-state index contributed by atoms with van der Waals surface area (Å²) in [5.74, 6) is -0.707. The van der Waals surface area contributed by atoms with Crippen LogP contribution in [0.15, 0.2) is 30.3 Å². The summed E-state index contributed by atoms with van der Waals surface area (Å²) in [7, 11) is -1.63. The van der Waals surface area contributed by atoms with Crippen molar-refractivity contribution in [2.45, 2.75) is 38.0 Å². The molecule has 1 aliphatic heterocycles. The molecule has 6 heteroatoms. The standard InChI is InChI=1S/C17H26N2O3S/c1-14(2)23(21,22)13-17(20)18(3)16-10-7-11-19(12-16)15-8-5-4-6-9-15/h4-6,8-9,14,16H,7,10-13H2,1-3H3/t16-/m0/s1. The molecule has 0 aromatic heterocycles. The second-order valence-electron chi connectivity index (χ2n) is 6.44. The number of anilines is 1. The van der Waals surface area contributed by atoms with Crippen molar-refractivity contribution >= 4 is 21.4 Å². The van der Waals surface area contributed by atoms with Crippen molar-refractivity contribution in [3.8, 4) is 0 Å². The minimum Gasteiger partial charge on any atom is -0.369 e. The van der Waals surface area contributed by atoms with Crippen LogP contribution in [0.25, 0.3) is 0 Å². The number of carbonyl (C=O) groups excluding carboxylic acids is 1. The van der Waals surface area contributed by atoms with E-state index in [0.717, 1.165) is 31.6 Å². The van der Waals surface area contributed by atoms with Gasteiger partial charge in [0.1, 0.15) is 5.75 Å². The Morgan fingerprint density at radius 1 is 1.30 bits per heavy atom. The van der Waals surface area contributed by atoms with Crippen LogP contribution in [0.3, 0.4) is 0 Å². The lowest BCUT2D eigenvalue weighted by atomic mass is 10.0. The molecule has 0 aliphatic carbocycles. The fourth-order valence-electron chi connectivity index (χ4n) is 2.79. The Bertz CT molecular complexity index is 628. The van der Waals surface area contributed by atoms with Crippen molar-refractivity contribution in [1.82, 2.24) is 4.90 Å². The third-order valence-electron chi connectivity index (χ3n) is 4.50. The summed E-state index contributed by atoms with van der Waals surface area (Å²) in [5, 5.41) is -0.521. The van der Waals surface area contributed by atoms with Gasteiger partial charge in [0.05, 0.1) is 5.25 Å². The van der Waals surface area contributed by atoms with E-state index in [9.17, 15) is 13.2 Å². The first-order valence-corrected chi connectivity index (χ1v) is 9.80. The molecular weight excluding hydrogens is 312 g/mol. The minimum atomic E-state index is -3.35. The van der Waals surface area contributed by atoms with E-state index in [1.54, 1.807) is 25.8 Å². The van der Waals surface area contributed by atoms with Crippen LogP contribution in [0.5, 0.6) is 0 Å². The summed E-state index contributed by atoms with van der Waals surface area (Å²) in [5.41, 5.74) is 1.15. The van der Waals surface area contributed by atoms with E-state index in [4.69, 9.17) is 0 Å². The number of likely N-dealkylation sites (N-methyl/N-ethyl adjacent to an activating group) is 1. The summed E-state index contributed by atoms with van der Waals surface area (Å²) < 4.78 is 23.9. The summed E-state index contributed by atoms with van der Waals surface area (Å²) in [6.45, 7) is 4.93. The fourth-order valence-corrected chi connectivity index (χ4v) is 3.67. The number of piperidine rings is 1. The van der Waals surface area contributed by atoms with Crippen LogP contribution in [-0.4, -0.2) is 56.4 Å². The van der Waals surface area contributed by atoms with Crippen molar-refractivity contribution in [2.75, 3.05) is 30.8 Å². The van der Waals surface area contributed by atoms with Crippen LogP contribution in [0, 0.1) is 0 Å². The molecule has 2 rings (SSSR count). The van der Waals surface area contributed by atoms with Gasteiger partial charge in [-0.25, -0.2) is 8.42 Å². The van der Waals surface area contributed by atoms with Crippen LogP contribution in [0.2, 0.25) is 0 Å². The molecule has 1 amide bonds. The maximum absolute atomic E-state index is 12.3. The summed E-state index contributed by atoms with van der Waals surface area (Å²) in [4.78, 5) is 16.2. The van der Waals surface area contributed by atoms with Crippen molar-refractivity contribution in [2.24, 2.45) is 0 Å². The van der Waals surface area contributed by atoms with E-state index < -0.39 is 20.8 Å². The maximum atomic E-state index is 12.3. The zero-order valence-corrected chi connectivity index (χ0v) is 14.9. The second-order valence-corrected chi connectivity index (χ2v) is 9.00. The number of benzene rings is 1. The fraction of sp³-hybridized carbons (Fsp3) is 0.588. The highest BCUT2D eigenvalue weighted by atomic mass is 32.2. The largest absolute Gasteiger partial charge is 0.369 e. The molecule has 0 bridgehead atoms. The molecule has 0 spiro atoms. The number of hydrogen-bond acceptors (Lipinski definition) is 4. The van der Waals surface area contributed by atoms with Gasteiger partial charge in [-0.1, -0.05) is 18.2 Å². The quantitative estimate of drug-likeness (QED) is 0.823. The van der Waals surface area contributed by atoms with Crippen molar-refractivity contribution < 1.29 is 13.2 Å². The third kappa shape index (κ3) is 4.47. The molecule has 1 atom stereocenters. The first-order chi connectivity index (χ1) is 10.8. The molecule has 0 unspecified atom stereocenters. The van der Waals surface area contributed by atoms with E-state index in [-0.39, 0.29) is 11.9 Å². The zero-order chi connectivity index (χ0) is 17.0. The molecule has 0 N–H and O–H groups in total. The monoisotopic (exact) mass is 338 g/mol. The average molecular weight is 338 g/mol. The Hall–Kier alpha value is -1.56. The lowest BCUT2D eigenvalue weighted by Gasteiger charge is -2.39. The van der Waals surface area contributed by atoms with Gasteiger partial charge in [0, 0.05) is 31.9 Å². The molecule has 23 heavy (non-hydrogen) atoms. The zero-order valence-electron chi connectivity index (χ0n) is 14.1. The van der Waals surface area contributed by atoms with Gasteiger partial charge in [-0.15, -0.1) is 0 Å². The van der Waals surface area contributed by atoms with Crippen molar-refractivity contribution in [3.05, 3.63) is 30.3 Å². The van der Waals surface area contributed by atoms with Gasteiger partial charge >= 0.3 is 0 Å². The lowest BCUT2D eigenvalue weighted by molar-refractivity contribution is -0.129. The summed E-state index contributed by atoms with van der Waals surface area (Å²) >= 11 is 0. The number of nitrogens with zero attached hydrogens (tertiary/aromatic N) is 2. The van der Waals surface area contributed by atoms with Crippen LogP contribution < -0.4 is 4.90 Å². The summed E-state index contributed by atoms with van der Waals surface area (Å²) in [6.07, 6.45) is 1.90. The molecule has 1 saturated heterocycles. The molecule has 128 valence electrons. The first-order valence-electron chi connectivity index (χ1n) is 8.08. The number of hydrogen-bond donors (Lipinski definition) is 0. The van der Waals surface area contributed by atoms with E-state index in [1.807, 2.05) is 18.2 Å². The molecule has 1 aliphatic rings. The van der Waals surface area contributed by atoms with E-state index in [2.05, 4.69) is 17.0 Å². The van der Waals surface area contributed by atoms with E-state index >= 15 is 0 Å². The number of sulfone groups is 1. The lowest BCUT2D eigenvalue weighted by Crippen LogP contribution is -2.50. The average Bonchev–Trinajstić information content (AvgIpc) is 2.54. The molecule has 5 nitrogen and oxygen atoms in total. The van der Waals surface area contributed by atoms with Crippen LogP contribution in [0.4, 0.5) is 5.69 Å². The van der Waals surface area contributed by atoms with E-state index in [1.165, 1.54) is 0 Å². The van der Waals surface area contributed by atoms with Gasteiger partial charge in [-0.2, -0.15) is 0 Å². The van der Waals surface area contributed by atoms with Gasteiger partial charge in [0.2, 0.25) is 5.91 Å². The second kappa shape index (κ2) is 7.34. The van der Waals surface area contributed by atoms with Gasteiger partial charge in [-0.3, -0.25) is 4.79 Å². The molecule has 1 aromatic rings.